The van der Waals surface area contributed by atoms with Crippen LogP contribution in [0.3, 0.4) is 0 Å². The topological polar surface area (TPSA) is 41.4 Å². The molecule has 1 fully saturated rings. The number of benzene rings is 2. The number of rotatable bonds is 6. The summed E-state index contributed by atoms with van der Waals surface area (Å²) in [5.41, 5.74) is 6.98. The molecule has 3 heterocycles. The van der Waals surface area contributed by atoms with Gasteiger partial charge in [0.05, 0.1) is 11.0 Å². The number of hydrogen-bond donors (Lipinski definition) is 0. The highest BCUT2D eigenvalue weighted by Gasteiger charge is 2.24. The van der Waals surface area contributed by atoms with Crippen molar-refractivity contribution in [1.29, 1.82) is 0 Å². The van der Waals surface area contributed by atoms with E-state index in [0.29, 0.717) is 6.54 Å². The van der Waals surface area contributed by atoms with Gasteiger partial charge in [-0.3, -0.25) is 0 Å². The lowest BCUT2D eigenvalue weighted by atomic mass is 10.1. The zero-order valence-corrected chi connectivity index (χ0v) is 20.1. The van der Waals surface area contributed by atoms with Gasteiger partial charge < -0.3 is 14.4 Å². The van der Waals surface area contributed by atoms with E-state index in [4.69, 9.17) is 4.98 Å². The molecule has 1 saturated heterocycles. The van der Waals surface area contributed by atoms with Gasteiger partial charge in [-0.25, -0.2) is 9.78 Å². The maximum absolute atomic E-state index is 12.1. The Labute approximate surface area is 198 Å². The predicted molar refractivity (Wildman–Crippen MR) is 137 cm³/mol. The van der Waals surface area contributed by atoms with Crippen molar-refractivity contribution < 1.29 is 4.79 Å². The van der Waals surface area contributed by atoms with Crippen molar-refractivity contribution in [2.75, 3.05) is 20.1 Å². The van der Waals surface area contributed by atoms with Crippen molar-refractivity contribution in [3.63, 3.8) is 0 Å². The smallest absolute Gasteiger partial charge is 0.320 e. The molecule has 33 heavy (non-hydrogen) atoms. The third-order valence-electron chi connectivity index (χ3n) is 6.31. The number of likely N-dealkylation sites (N-methyl/N-ethyl adjacent to an activating group) is 1. The van der Waals surface area contributed by atoms with E-state index in [9.17, 15) is 4.79 Å². The second kappa shape index (κ2) is 8.87. The maximum atomic E-state index is 12.1. The number of para-hydroxylation sites is 1. The average molecular weight is 457 g/mol. The van der Waals surface area contributed by atoms with Crippen LogP contribution in [0.25, 0.3) is 33.6 Å². The highest BCUT2D eigenvalue weighted by Crippen LogP contribution is 2.34. The van der Waals surface area contributed by atoms with Crippen LogP contribution in [0, 0.1) is 6.92 Å². The number of amides is 2. The number of aromatic nitrogens is 2. The Kier molecular flexibility index (Phi) is 5.77. The van der Waals surface area contributed by atoms with Gasteiger partial charge in [0.25, 0.3) is 0 Å². The van der Waals surface area contributed by atoms with E-state index in [1.54, 1.807) is 16.2 Å². The molecule has 2 amide bonds. The van der Waals surface area contributed by atoms with Gasteiger partial charge in [-0.05, 0) is 54.1 Å². The minimum atomic E-state index is 0.106. The summed E-state index contributed by atoms with van der Waals surface area (Å²) in [5.74, 6) is 0.962. The van der Waals surface area contributed by atoms with Crippen LogP contribution in [0.5, 0.6) is 0 Å². The van der Waals surface area contributed by atoms with Gasteiger partial charge in [0.1, 0.15) is 5.82 Å². The Morgan fingerprint density at radius 1 is 1.06 bits per heavy atom. The van der Waals surface area contributed by atoms with Gasteiger partial charge in [-0.2, -0.15) is 0 Å². The van der Waals surface area contributed by atoms with E-state index in [1.807, 2.05) is 11.9 Å². The molecule has 0 N–H and O–H groups in total. The summed E-state index contributed by atoms with van der Waals surface area (Å²) in [7, 11) is 1.85. The number of aryl methyl sites for hydroxylation is 2. The maximum Gasteiger partial charge on any atom is 0.320 e. The molecule has 0 bridgehead atoms. The normalized spacial score (nSPS) is 14.3. The summed E-state index contributed by atoms with van der Waals surface area (Å²) in [6.45, 7) is 7.42. The van der Waals surface area contributed by atoms with Gasteiger partial charge in [0, 0.05) is 43.7 Å². The number of thiophene rings is 1. The summed E-state index contributed by atoms with van der Waals surface area (Å²) < 4.78 is 2.27. The molecule has 5 rings (SSSR count). The van der Waals surface area contributed by atoms with Gasteiger partial charge in [0.2, 0.25) is 0 Å². The molecule has 5 nitrogen and oxygen atoms in total. The van der Waals surface area contributed by atoms with Crippen molar-refractivity contribution >= 4 is 40.6 Å². The van der Waals surface area contributed by atoms with Gasteiger partial charge in [-0.15, -0.1) is 11.3 Å². The Balaban J connectivity index is 1.40. The van der Waals surface area contributed by atoms with Crippen LogP contribution in [0.1, 0.15) is 29.4 Å². The molecular weight excluding hydrogens is 428 g/mol. The van der Waals surface area contributed by atoms with E-state index in [0.717, 1.165) is 47.6 Å². The largest absolute Gasteiger partial charge is 0.326 e. The standard InChI is InChI=1S/C27H28N4OS/c1-4-31-23-7-5-6-22(26-19(2)14-17-33-26)25(23)28-24(31)13-12-20-8-10-21(11-9-20)18-30-16-15-29(3)27(30)32/h5-14,17H,4,15-16,18H2,1-3H3/b13-12+. The lowest BCUT2D eigenvalue weighted by Crippen LogP contribution is -2.28. The highest BCUT2D eigenvalue weighted by molar-refractivity contribution is 7.13. The number of carbonyl (C=O) groups is 1. The zero-order valence-electron chi connectivity index (χ0n) is 19.3. The molecule has 0 aliphatic carbocycles. The quantitative estimate of drug-likeness (QED) is 0.350. The minimum absolute atomic E-state index is 0.106. The molecule has 1 aliphatic heterocycles. The summed E-state index contributed by atoms with van der Waals surface area (Å²) in [6.07, 6.45) is 4.21. The van der Waals surface area contributed by atoms with E-state index in [1.165, 1.54) is 16.0 Å². The first-order chi connectivity index (χ1) is 16.0. The molecule has 0 radical (unpaired) electrons. The van der Waals surface area contributed by atoms with E-state index >= 15 is 0 Å². The molecule has 2 aromatic carbocycles. The van der Waals surface area contributed by atoms with Crippen molar-refractivity contribution in [3.8, 4) is 10.4 Å². The van der Waals surface area contributed by atoms with Gasteiger partial charge in [0.15, 0.2) is 0 Å². The van der Waals surface area contributed by atoms with Crippen LogP contribution in [-0.2, 0) is 13.1 Å². The van der Waals surface area contributed by atoms with Crippen molar-refractivity contribution in [2.24, 2.45) is 0 Å². The van der Waals surface area contributed by atoms with Crippen LogP contribution >= 0.6 is 11.3 Å². The monoisotopic (exact) mass is 456 g/mol. The van der Waals surface area contributed by atoms with Crippen LogP contribution in [0.4, 0.5) is 4.79 Å². The second-order valence-corrected chi connectivity index (χ2v) is 9.44. The van der Waals surface area contributed by atoms with Crippen LogP contribution < -0.4 is 0 Å². The van der Waals surface area contributed by atoms with E-state index in [-0.39, 0.29) is 6.03 Å². The molecule has 168 valence electrons. The molecule has 1 aliphatic rings. The Bertz CT molecular complexity index is 1330. The highest BCUT2D eigenvalue weighted by atomic mass is 32.1. The summed E-state index contributed by atoms with van der Waals surface area (Å²) >= 11 is 1.77. The first-order valence-corrected chi connectivity index (χ1v) is 12.2. The van der Waals surface area contributed by atoms with Crippen LogP contribution in [0.2, 0.25) is 0 Å². The molecule has 0 atom stereocenters. The zero-order chi connectivity index (χ0) is 22.9. The van der Waals surface area contributed by atoms with Crippen molar-refractivity contribution in [2.45, 2.75) is 26.9 Å². The molecule has 4 aromatic rings. The first-order valence-electron chi connectivity index (χ1n) is 11.4. The summed E-state index contributed by atoms with van der Waals surface area (Å²) in [4.78, 5) is 22.1. The van der Waals surface area contributed by atoms with Crippen LogP contribution in [-0.4, -0.2) is 45.5 Å². The first kappa shape index (κ1) is 21.5. The number of nitrogens with zero attached hydrogens (tertiary/aromatic N) is 4. The van der Waals surface area contributed by atoms with Crippen molar-refractivity contribution in [1.82, 2.24) is 19.4 Å². The Morgan fingerprint density at radius 2 is 1.88 bits per heavy atom. The Hall–Kier alpha value is -3.38. The molecule has 0 unspecified atom stereocenters. The Morgan fingerprint density at radius 3 is 2.55 bits per heavy atom. The fourth-order valence-corrected chi connectivity index (χ4v) is 5.39. The molecule has 0 saturated carbocycles. The fraction of sp³-hybridized carbons (Fsp3) is 0.259. The number of fused-ring (bicyclic) bond motifs is 1. The predicted octanol–water partition coefficient (Wildman–Crippen LogP) is 6.13. The van der Waals surface area contributed by atoms with Crippen molar-refractivity contribution in [3.05, 3.63) is 76.4 Å². The fourth-order valence-electron chi connectivity index (χ4n) is 4.43. The summed E-state index contributed by atoms with van der Waals surface area (Å²) in [6, 6.07) is 17.1. The minimum Gasteiger partial charge on any atom is -0.326 e. The lowest BCUT2D eigenvalue weighted by Gasteiger charge is -2.15. The second-order valence-electron chi connectivity index (χ2n) is 8.52. The summed E-state index contributed by atoms with van der Waals surface area (Å²) in [5, 5.41) is 2.14. The van der Waals surface area contributed by atoms with E-state index in [2.05, 4.69) is 84.5 Å². The van der Waals surface area contributed by atoms with Gasteiger partial charge >= 0.3 is 6.03 Å². The number of urea groups is 1. The van der Waals surface area contributed by atoms with E-state index < -0.39 is 0 Å². The molecular formula is C27H28N4OS. The third kappa shape index (κ3) is 4.07. The van der Waals surface area contributed by atoms with Crippen LogP contribution in [0.15, 0.2) is 53.9 Å². The number of imidazole rings is 1. The average Bonchev–Trinajstić information content (AvgIpc) is 3.51. The van der Waals surface area contributed by atoms with Gasteiger partial charge in [-0.1, -0.05) is 42.5 Å². The molecule has 6 heteroatoms. The SMILES string of the molecule is CCn1c(/C=C/c2ccc(CN3CCN(C)C3=O)cc2)nc2c(-c3sccc3C)cccc21. The third-order valence-corrected chi connectivity index (χ3v) is 7.36. The number of hydrogen-bond acceptors (Lipinski definition) is 3. The molecule has 0 spiro atoms. The lowest BCUT2D eigenvalue weighted by molar-refractivity contribution is 0.197. The molecule has 2 aromatic heterocycles. The number of carbonyl (C=O) groups excluding carboxylic acids is 1.